The van der Waals surface area contributed by atoms with Gasteiger partial charge >= 0.3 is 0 Å². The zero-order valence-electron chi connectivity index (χ0n) is 19.2. The van der Waals surface area contributed by atoms with Gasteiger partial charge in [0, 0.05) is 25.4 Å². The number of ether oxygens (including phenoxy) is 2. The Morgan fingerprint density at radius 1 is 1.06 bits per heavy atom. The SMILES string of the molecule is Cc1ncc(NC(=O)C2(c3ccc4c(c3)OCO4)CC2)cc1-c1cccc(S(=O)(=O)N(C)C)c1. The molecule has 1 fully saturated rings. The predicted octanol–water partition coefficient (Wildman–Crippen LogP) is 3.71. The van der Waals surface area contributed by atoms with Gasteiger partial charge < -0.3 is 14.8 Å². The van der Waals surface area contributed by atoms with Crippen molar-refractivity contribution in [1.82, 2.24) is 9.29 Å². The van der Waals surface area contributed by atoms with E-state index in [1.54, 1.807) is 24.4 Å². The van der Waals surface area contributed by atoms with Gasteiger partial charge in [0.2, 0.25) is 22.7 Å². The van der Waals surface area contributed by atoms with E-state index in [1.165, 1.54) is 18.4 Å². The second kappa shape index (κ2) is 8.11. The molecule has 1 aromatic heterocycles. The summed E-state index contributed by atoms with van der Waals surface area (Å²) in [5.41, 5.74) is 3.04. The lowest BCUT2D eigenvalue weighted by Crippen LogP contribution is -2.27. The summed E-state index contributed by atoms with van der Waals surface area (Å²) in [7, 11) is -0.574. The number of benzene rings is 2. The van der Waals surface area contributed by atoms with Crippen molar-refractivity contribution < 1.29 is 22.7 Å². The van der Waals surface area contributed by atoms with Crippen LogP contribution in [0.15, 0.2) is 59.6 Å². The van der Waals surface area contributed by atoms with Gasteiger partial charge in [-0.1, -0.05) is 18.2 Å². The average Bonchev–Trinajstić information content (AvgIpc) is 3.51. The molecular formula is C25H25N3O5S. The fourth-order valence-corrected chi connectivity index (χ4v) is 5.09. The number of amides is 1. The third-order valence-electron chi connectivity index (χ3n) is 6.38. The van der Waals surface area contributed by atoms with Gasteiger partial charge in [0.1, 0.15) is 0 Å². The normalized spacial score (nSPS) is 15.9. The van der Waals surface area contributed by atoms with Crippen molar-refractivity contribution in [2.75, 3.05) is 26.2 Å². The lowest BCUT2D eigenvalue weighted by Gasteiger charge is -2.17. The number of nitrogens with zero attached hydrogens (tertiary/aromatic N) is 2. The first kappa shape index (κ1) is 22.4. The highest BCUT2D eigenvalue weighted by molar-refractivity contribution is 7.89. The Kier molecular flexibility index (Phi) is 5.33. The maximum absolute atomic E-state index is 13.3. The summed E-state index contributed by atoms with van der Waals surface area (Å²) in [6.45, 7) is 2.04. The minimum Gasteiger partial charge on any atom is -0.454 e. The number of carbonyl (C=O) groups excluding carboxylic acids is 1. The van der Waals surface area contributed by atoms with Crippen molar-refractivity contribution in [2.24, 2.45) is 0 Å². The number of fused-ring (bicyclic) bond motifs is 1. The molecule has 1 amide bonds. The quantitative estimate of drug-likeness (QED) is 0.579. The molecule has 1 aliphatic carbocycles. The summed E-state index contributed by atoms with van der Waals surface area (Å²) in [6.07, 6.45) is 3.11. The number of anilines is 1. The number of nitrogens with one attached hydrogen (secondary N) is 1. The summed E-state index contributed by atoms with van der Waals surface area (Å²) >= 11 is 0. The van der Waals surface area contributed by atoms with Crippen LogP contribution < -0.4 is 14.8 Å². The highest BCUT2D eigenvalue weighted by Crippen LogP contribution is 2.51. The summed E-state index contributed by atoms with van der Waals surface area (Å²) in [5, 5.41) is 3.01. The molecule has 9 heteroatoms. The van der Waals surface area contributed by atoms with Crippen molar-refractivity contribution in [2.45, 2.75) is 30.1 Å². The van der Waals surface area contributed by atoms with Crippen molar-refractivity contribution in [1.29, 1.82) is 0 Å². The molecule has 34 heavy (non-hydrogen) atoms. The molecule has 0 bridgehead atoms. The number of pyridine rings is 1. The molecule has 176 valence electrons. The molecule has 0 atom stereocenters. The van der Waals surface area contributed by atoms with Crippen molar-refractivity contribution >= 4 is 21.6 Å². The molecule has 5 rings (SSSR count). The number of sulfonamides is 1. The van der Waals surface area contributed by atoms with Crippen LogP contribution in [0.4, 0.5) is 5.69 Å². The molecule has 1 saturated carbocycles. The average molecular weight is 480 g/mol. The van der Waals surface area contributed by atoms with Crippen LogP contribution in [0.2, 0.25) is 0 Å². The van der Waals surface area contributed by atoms with Gasteiger partial charge in [-0.25, -0.2) is 12.7 Å². The van der Waals surface area contributed by atoms with Crippen molar-refractivity contribution in [3.63, 3.8) is 0 Å². The highest BCUT2D eigenvalue weighted by atomic mass is 32.2. The minimum absolute atomic E-state index is 0.105. The van der Waals surface area contributed by atoms with E-state index < -0.39 is 15.4 Å². The summed E-state index contributed by atoms with van der Waals surface area (Å²) in [4.78, 5) is 17.9. The Morgan fingerprint density at radius 3 is 2.56 bits per heavy atom. The third-order valence-corrected chi connectivity index (χ3v) is 8.19. The Balaban J connectivity index is 1.42. The fourth-order valence-electron chi connectivity index (χ4n) is 4.15. The van der Waals surface area contributed by atoms with Crippen molar-refractivity contribution in [3.05, 3.63) is 66.0 Å². The van der Waals surface area contributed by atoms with Crippen LogP contribution in [0.5, 0.6) is 11.5 Å². The Hall–Kier alpha value is -3.43. The Morgan fingerprint density at radius 2 is 1.82 bits per heavy atom. The van der Waals surface area contributed by atoms with Crippen molar-refractivity contribution in [3.8, 4) is 22.6 Å². The summed E-state index contributed by atoms with van der Waals surface area (Å²) < 4.78 is 37.2. The van der Waals surface area contributed by atoms with Gasteiger partial charge in [-0.2, -0.15) is 0 Å². The van der Waals surface area contributed by atoms with E-state index in [0.29, 0.717) is 22.7 Å². The first-order valence-corrected chi connectivity index (χ1v) is 12.4. The van der Waals surface area contributed by atoms with E-state index in [1.807, 2.05) is 37.3 Å². The van der Waals surface area contributed by atoms with E-state index in [4.69, 9.17) is 9.47 Å². The maximum atomic E-state index is 13.3. The number of hydrogen-bond acceptors (Lipinski definition) is 6. The van der Waals surface area contributed by atoms with Crippen LogP contribution in [0, 0.1) is 6.92 Å². The van der Waals surface area contributed by atoms with Gasteiger partial charge in [-0.05, 0) is 61.2 Å². The molecular weight excluding hydrogens is 454 g/mol. The second-order valence-electron chi connectivity index (χ2n) is 8.78. The van der Waals surface area contributed by atoms with Crippen LogP contribution in [0.3, 0.4) is 0 Å². The Bertz CT molecular complexity index is 1400. The predicted molar refractivity (Wildman–Crippen MR) is 127 cm³/mol. The molecule has 8 nitrogen and oxygen atoms in total. The zero-order chi connectivity index (χ0) is 24.1. The highest BCUT2D eigenvalue weighted by Gasteiger charge is 2.51. The first-order chi connectivity index (χ1) is 16.2. The van der Waals surface area contributed by atoms with Crippen LogP contribution in [-0.4, -0.2) is 44.5 Å². The molecule has 2 aromatic carbocycles. The molecule has 0 saturated heterocycles. The molecule has 2 aliphatic rings. The van der Waals surface area contributed by atoms with E-state index in [9.17, 15) is 13.2 Å². The van der Waals surface area contributed by atoms with E-state index in [-0.39, 0.29) is 17.6 Å². The second-order valence-corrected chi connectivity index (χ2v) is 10.9. The lowest BCUT2D eigenvalue weighted by molar-refractivity contribution is -0.118. The van der Waals surface area contributed by atoms with Crippen LogP contribution >= 0.6 is 0 Å². The van der Waals surface area contributed by atoms with Crippen LogP contribution in [-0.2, 0) is 20.2 Å². The molecule has 2 heterocycles. The molecule has 0 spiro atoms. The standard InChI is InChI=1S/C25H25N3O5S/c1-16-21(17-5-4-6-20(11-17)34(30,31)28(2)3)13-19(14-26-16)27-24(29)25(9-10-25)18-7-8-22-23(12-18)33-15-32-22/h4-8,11-14H,9-10,15H2,1-3H3,(H,27,29). The lowest BCUT2D eigenvalue weighted by atomic mass is 9.94. The van der Waals surface area contributed by atoms with Gasteiger partial charge in [0.15, 0.2) is 11.5 Å². The smallest absolute Gasteiger partial charge is 0.242 e. The van der Waals surface area contributed by atoms with Gasteiger partial charge in [0.05, 0.1) is 22.2 Å². The number of aromatic nitrogens is 1. The monoisotopic (exact) mass is 479 g/mol. The third kappa shape index (κ3) is 3.80. The minimum atomic E-state index is -3.57. The number of aryl methyl sites for hydroxylation is 1. The first-order valence-electron chi connectivity index (χ1n) is 10.9. The molecule has 1 aliphatic heterocycles. The zero-order valence-corrected chi connectivity index (χ0v) is 20.0. The van der Waals surface area contributed by atoms with Crippen LogP contribution in [0.1, 0.15) is 24.1 Å². The number of hydrogen-bond donors (Lipinski definition) is 1. The molecule has 0 unspecified atom stereocenters. The number of rotatable bonds is 6. The van der Waals surface area contributed by atoms with Gasteiger partial charge in [-0.15, -0.1) is 0 Å². The van der Waals surface area contributed by atoms with E-state index in [0.717, 1.165) is 29.7 Å². The van der Waals surface area contributed by atoms with E-state index >= 15 is 0 Å². The maximum Gasteiger partial charge on any atom is 0.242 e. The topological polar surface area (TPSA) is 97.8 Å². The summed E-state index contributed by atoms with van der Waals surface area (Å²) in [6, 6.07) is 14.2. The Labute approximate surface area is 198 Å². The molecule has 3 aromatic rings. The van der Waals surface area contributed by atoms with E-state index in [2.05, 4.69) is 10.3 Å². The molecule has 0 radical (unpaired) electrons. The van der Waals surface area contributed by atoms with Gasteiger partial charge in [0.25, 0.3) is 0 Å². The fraction of sp³-hybridized carbons (Fsp3) is 0.280. The molecule has 1 N–H and O–H groups in total. The summed E-state index contributed by atoms with van der Waals surface area (Å²) in [5.74, 6) is 1.24. The van der Waals surface area contributed by atoms with Crippen LogP contribution in [0.25, 0.3) is 11.1 Å². The van der Waals surface area contributed by atoms with Gasteiger partial charge in [-0.3, -0.25) is 9.78 Å². The number of carbonyl (C=O) groups is 1. The largest absolute Gasteiger partial charge is 0.454 e.